The Bertz CT molecular complexity index is 2390. The van der Waals surface area contributed by atoms with Gasteiger partial charge in [0.2, 0.25) is 0 Å². The number of benzene rings is 7. The standard InChI is InChI=1S/C43H31NO/c1-43(2)39-25-32(23-24-35(39)37-26-38-36-16-8-9-18-41(36)45-42(38)27-40(37)43)44(30-13-4-3-5-14-30)31-21-19-29(20-22-31)34-17-10-12-28-11-6-7-15-33(28)34/h3-27H,1-2H3. The molecule has 9 rings (SSSR count). The molecule has 1 aliphatic carbocycles. The molecule has 1 aliphatic rings. The van der Waals surface area contributed by atoms with Gasteiger partial charge in [0, 0.05) is 33.2 Å². The van der Waals surface area contributed by atoms with Crippen LogP contribution in [0.3, 0.4) is 0 Å². The summed E-state index contributed by atoms with van der Waals surface area (Å²) in [6.07, 6.45) is 0. The third kappa shape index (κ3) is 3.96. The van der Waals surface area contributed by atoms with Gasteiger partial charge in [-0.2, -0.15) is 0 Å². The minimum atomic E-state index is -0.172. The fraction of sp³-hybridized carbons (Fsp3) is 0.0698. The number of nitrogens with zero attached hydrogens (tertiary/aromatic N) is 1. The Hall–Kier alpha value is -5.60. The van der Waals surface area contributed by atoms with Crippen molar-refractivity contribution in [3.63, 3.8) is 0 Å². The molecule has 2 nitrogen and oxygen atoms in total. The maximum atomic E-state index is 6.30. The van der Waals surface area contributed by atoms with Gasteiger partial charge in [0.05, 0.1) is 0 Å². The fourth-order valence-electron chi connectivity index (χ4n) is 7.37. The Morgan fingerprint density at radius 2 is 1.11 bits per heavy atom. The van der Waals surface area contributed by atoms with Crippen LogP contribution >= 0.6 is 0 Å². The van der Waals surface area contributed by atoms with E-state index in [2.05, 4.69) is 164 Å². The fourth-order valence-corrected chi connectivity index (χ4v) is 7.37. The maximum absolute atomic E-state index is 6.30. The van der Waals surface area contributed by atoms with Crippen molar-refractivity contribution in [3.05, 3.63) is 163 Å². The van der Waals surface area contributed by atoms with Crippen LogP contribution < -0.4 is 4.90 Å². The maximum Gasteiger partial charge on any atom is 0.135 e. The summed E-state index contributed by atoms with van der Waals surface area (Å²) < 4.78 is 6.30. The lowest BCUT2D eigenvalue weighted by molar-refractivity contribution is 0.647. The third-order valence-corrected chi connectivity index (χ3v) is 9.66. The van der Waals surface area contributed by atoms with Gasteiger partial charge >= 0.3 is 0 Å². The van der Waals surface area contributed by atoms with E-state index in [-0.39, 0.29) is 5.41 Å². The Morgan fingerprint density at radius 3 is 1.96 bits per heavy atom. The van der Waals surface area contributed by atoms with Crippen molar-refractivity contribution in [2.24, 2.45) is 0 Å². The Balaban J connectivity index is 1.17. The smallest absolute Gasteiger partial charge is 0.135 e. The monoisotopic (exact) mass is 577 g/mol. The minimum Gasteiger partial charge on any atom is -0.456 e. The van der Waals surface area contributed by atoms with Crippen molar-refractivity contribution in [2.45, 2.75) is 19.3 Å². The van der Waals surface area contributed by atoms with Crippen molar-refractivity contribution in [2.75, 3.05) is 4.90 Å². The van der Waals surface area contributed by atoms with Gasteiger partial charge in [-0.05, 0) is 98.8 Å². The lowest BCUT2D eigenvalue weighted by atomic mass is 9.82. The van der Waals surface area contributed by atoms with E-state index in [1.54, 1.807) is 0 Å². The molecule has 0 N–H and O–H groups in total. The largest absolute Gasteiger partial charge is 0.456 e. The number of hydrogen-bond acceptors (Lipinski definition) is 2. The molecule has 0 saturated heterocycles. The number of furan rings is 1. The van der Waals surface area contributed by atoms with E-state index in [1.807, 2.05) is 6.07 Å². The average Bonchev–Trinajstić information content (AvgIpc) is 3.56. The van der Waals surface area contributed by atoms with E-state index >= 15 is 0 Å². The molecular weight excluding hydrogens is 546 g/mol. The van der Waals surface area contributed by atoms with E-state index < -0.39 is 0 Å². The van der Waals surface area contributed by atoms with Crippen LogP contribution in [0, 0.1) is 0 Å². The molecule has 214 valence electrons. The van der Waals surface area contributed by atoms with Crippen LogP contribution in [0.1, 0.15) is 25.0 Å². The number of rotatable bonds is 4. The Morgan fingerprint density at radius 1 is 0.444 bits per heavy atom. The van der Waals surface area contributed by atoms with Crippen molar-refractivity contribution in [1.82, 2.24) is 0 Å². The second kappa shape index (κ2) is 9.70. The van der Waals surface area contributed by atoms with Crippen molar-refractivity contribution in [1.29, 1.82) is 0 Å². The number of fused-ring (bicyclic) bond motifs is 7. The molecule has 1 aromatic heterocycles. The average molecular weight is 578 g/mol. The minimum absolute atomic E-state index is 0.172. The highest BCUT2D eigenvalue weighted by Gasteiger charge is 2.37. The first-order valence-corrected chi connectivity index (χ1v) is 15.6. The van der Waals surface area contributed by atoms with Gasteiger partial charge in [0.15, 0.2) is 0 Å². The summed E-state index contributed by atoms with van der Waals surface area (Å²) in [7, 11) is 0. The Labute approximate surface area is 262 Å². The van der Waals surface area contributed by atoms with Gasteiger partial charge in [-0.15, -0.1) is 0 Å². The highest BCUT2D eigenvalue weighted by molar-refractivity contribution is 6.08. The van der Waals surface area contributed by atoms with Gasteiger partial charge in [-0.25, -0.2) is 0 Å². The van der Waals surface area contributed by atoms with E-state index in [4.69, 9.17) is 4.42 Å². The first-order valence-electron chi connectivity index (χ1n) is 15.6. The zero-order valence-corrected chi connectivity index (χ0v) is 25.3. The summed E-state index contributed by atoms with van der Waals surface area (Å²) in [5, 5.41) is 4.87. The molecule has 0 aliphatic heterocycles. The molecule has 0 atom stereocenters. The van der Waals surface area contributed by atoms with Crippen LogP contribution in [-0.2, 0) is 5.41 Å². The van der Waals surface area contributed by atoms with E-state index in [0.717, 1.165) is 28.2 Å². The molecule has 0 fully saturated rings. The molecule has 0 amide bonds. The summed E-state index contributed by atoms with van der Waals surface area (Å²) >= 11 is 0. The predicted molar refractivity (Wildman–Crippen MR) is 189 cm³/mol. The highest BCUT2D eigenvalue weighted by Crippen LogP contribution is 2.52. The van der Waals surface area contributed by atoms with Crippen LogP contribution in [0.5, 0.6) is 0 Å². The van der Waals surface area contributed by atoms with E-state index in [0.29, 0.717) is 0 Å². The molecule has 8 aromatic rings. The first-order chi connectivity index (χ1) is 22.1. The molecular formula is C43H31NO. The lowest BCUT2D eigenvalue weighted by Gasteiger charge is -2.28. The zero-order chi connectivity index (χ0) is 30.1. The summed E-state index contributed by atoms with van der Waals surface area (Å²) in [4.78, 5) is 2.37. The topological polar surface area (TPSA) is 16.4 Å². The van der Waals surface area contributed by atoms with Crippen molar-refractivity contribution < 1.29 is 4.42 Å². The molecule has 0 saturated carbocycles. The predicted octanol–water partition coefficient (Wildman–Crippen LogP) is 12.2. The van der Waals surface area contributed by atoms with Gasteiger partial charge in [-0.3, -0.25) is 0 Å². The van der Waals surface area contributed by atoms with Crippen LogP contribution in [0.4, 0.5) is 17.1 Å². The van der Waals surface area contributed by atoms with Gasteiger partial charge in [0.1, 0.15) is 11.2 Å². The molecule has 0 spiro atoms. The van der Waals surface area contributed by atoms with Gasteiger partial charge in [-0.1, -0.05) is 111 Å². The van der Waals surface area contributed by atoms with Gasteiger partial charge in [0.25, 0.3) is 0 Å². The quantitative estimate of drug-likeness (QED) is 0.207. The number of anilines is 3. The normalized spacial score (nSPS) is 13.3. The van der Waals surface area contributed by atoms with Crippen molar-refractivity contribution >= 4 is 49.8 Å². The summed E-state index contributed by atoms with van der Waals surface area (Å²) in [6, 6.07) is 54.7. The number of hydrogen-bond donors (Lipinski definition) is 0. The zero-order valence-electron chi connectivity index (χ0n) is 25.3. The van der Waals surface area contributed by atoms with E-state index in [9.17, 15) is 0 Å². The number of para-hydroxylation sites is 2. The second-order valence-corrected chi connectivity index (χ2v) is 12.6. The highest BCUT2D eigenvalue weighted by atomic mass is 16.3. The summed E-state index contributed by atoms with van der Waals surface area (Å²) in [5.74, 6) is 0. The molecule has 0 bridgehead atoms. The molecule has 0 radical (unpaired) electrons. The van der Waals surface area contributed by atoms with Crippen LogP contribution in [0.15, 0.2) is 156 Å². The van der Waals surface area contributed by atoms with Crippen LogP contribution in [-0.4, -0.2) is 0 Å². The molecule has 2 heteroatoms. The SMILES string of the molecule is CC1(C)c2cc(N(c3ccccc3)c3ccc(-c4cccc5ccccc45)cc3)ccc2-c2cc3c(cc21)oc1ccccc13. The van der Waals surface area contributed by atoms with Crippen LogP contribution in [0.25, 0.3) is 55.0 Å². The molecule has 45 heavy (non-hydrogen) atoms. The summed E-state index contributed by atoms with van der Waals surface area (Å²) in [5.41, 5.74) is 12.8. The van der Waals surface area contributed by atoms with Gasteiger partial charge < -0.3 is 9.32 Å². The third-order valence-electron chi connectivity index (χ3n) is 9.66. The molecule has 1 heterocycles. The first kappa shape index (κ1) is 25.9. The second-order valence-electron chi connectivity index (χ2n) is 12.6. The Kier molecular flexibility index (Phi) is 5.58. The lowest BCUT2D eigenvalue weighted by Crippen LogP contribution is -2.16. The molecule has 7 aromatic carbocycles. The van der Waals surface area contributed by atoms with Crippen molar-refractivity contribution in [3.8, 4) is 22.3 Å². The van der Waals surface area contributed by atoms with Crippen LogP contribution in [0.2, 0.25) is 0 Å². The van der Waals surface area contributed by atoms with E-state index in [1.165, 1.54) is 54.9 Å². The molecule has 0 unspecified atom stereocenters. The summed E-state index contributed by atoms with van der Waals surface area (Å²) in [6.45, 7) is 4.67.